The van der Waals surface area contributed by atoms with Gasteiger partial charge in [-0.1, -0.05) is 5.21 Å². The molecule has 1 atom stereocenters. The molecule has 1 unspecified atom stereocenters. The van der Waals surface area contributed by atoms with Crippen molar-refractivity contribution in [1.82, 2.24) is 15.0 Å². The summed E-state index contributed by atoms with van der Waals surface area (Å²) < 4.78 is 6.81. The maximum atomic E-state index is 5.48. The van der Waals surface area contributed by atoms with Crippen LogP contribution in [0.4, 0.5) is 0 Å². The van der Waals surface area contributed by atoms with E-state index < -0.39 is 0 Å². The predicted octanol–water partition coefficient (Wildman–Crippen LogP) is -0.459. The van der Waals surface area contributed by atoms with Crippen LogP contribution < -0.4 is 10.5 Å². The molecule has 2 N–H and O–H groups in total. The summed E-state index contributed by atoms with van der Waals surface area (Å²) in [5.41, 5.74) is 5.48. The molecule has 5 heteroatoms. The first kappa shape index (κ1) is 8.00. The molecule has 1 aromatic heterocycles. The third-order valence-corrected chi connectivity index (χ3v) is 1.17. The molecule has 1 rings (SSSR count). The van der Waals surface area contributed by atoms with Gasteiger partial charge in [0.05, 0.1) is 0 Å². The molecule has 1 heterocycles. The Balaban J connectivity index is 2.44. The van der Waals surface area contributed by atoms with Gasteiger partial charge in [0.1, 0.15) is 12.8 Å². The van der Waals surface area contributed by atoms with Gasteiger partial charge in [0.15, 0.2) is 0 Å². The third-order valence-electron chi connectivity index (χ3n) is 1.17. The molecule has 0 aromatic carbocycles. The number of rotatable bonds is 3. The second-order valence-corrected chi connectivity index (χ2v) is 2.48. The first-order chi connectivity index (χ1) is 5.20. The third kappa shape index (κ3) is 2.19. The maximum Gasteiger partial charge on any atom is 0.232 e. The Labute approximate surface area is 65.1 Å². The summed E-state index contributed by atoms with van der Waals surface area (Å²) in [5, 5.41) is 7.34. The monoisotopic (exact) mass is 156 g/mol. The minimum Gasteiger partial charge on any atom is -0.475 e. The van der Waals surface area contributed by atoms with E-state index in [0.29, 0.717) is 12.5 Å². The fourth-order valence-electron chi connectivity index (χ4n) is 0.628. The molecule has 0 saturated heterocycles. The van der Waals surface area contributed by atoms with Crippen LogP contribution in [0.3, 0.4) is 0 Å². The summed E-state index contributed by atoms with van der Waals surface area (Å²) in [6, 6.07) is 0.0323. The van der Waals surface area contributed by atoms with E-state index >= 15 is 0 Å². The Morgan fingerprint density at radius 1 is 1.82 bits per heavy atom. The Morgan fingerprint density at radius 3 is 3.00 bits per heavy atom. The molecule has 0 spiro atoms. The van der Waals surface area contributed by atoms with E-state index in [9.17, 15) is 0 Å². The zero-order chi connectivity index (χ0) is 8.27. The van der Waals surface area contributed by atoms with Crippen molar-refractivity contribution >= 4 is 0 Å². The number of hydrogen-bond acceptors (Lipinski definition) is 4. The fourth-order valence-corrected chi connectivity index (χ4v) is 0.628. The summed E-state index contributed by atoms with van der Waals surface area (Å²) in [4.78, 5) is 0. The molecular formula is C6H12N4O. The zero-order valence-corrected chi connectivity index (χ0v) is 6.69. The van der Waals surface area contributed by atoms with E-state index in [2.05, 4.69) is 10.3 Å². The van der Waals surface area contributed by atoms with Crippen LogP contribution in [0.1, 0.15) is 6.92 Å². The second-order valence-electron chi connectivity index (χ2n) is 2.48. The van der Waals surface area contributed by atoms with Crippen LogP contribution in [-0.2, 0) is 7.05 Å². The van der Waals surface area contributed by atoms with Crippen molar-refractivity contribution in [1.29, 1.82) is 0 Å². The van der Waals surface area contributed by atoms with Gasteiger partial charge < -0.3 is 10.5 Å². The van der Waals surface area contributed by atoms with Crippen LogP contribution in [0.5, 0.6) is 5.88 Å². The van der Waals surface area contributed by atoms with Gasteiger partial charge in [-0.25, -0.2) is 4.68 Å². The normalized spacial score (nSPS) is 13.0. The van der Waals surface area contributed by atoms with Crippen molar-refractivity contribution in [3.8, 4) is 5.88 Å². The van der Waals surface area contributed by atoms with Gasteiger partial charge in [-0.2, -0.15) is 0 Å². The molecule has 11 heavy (non-hydrogen) atoms. The lowest BCUT2D eigenvalue weighted by Crippen LogP contribution is -2.24. The van der Waals surface area contributed by atoms with E-state index in [1.54, 1.807) is 17.9 Å². The van der Waals surface area contributed by atoms with Crippen LogP contribution in [0.2, 0.25) is 0 Å². The van der Waals surface area contributed by atoms with E-state index in [1.807, 2.05) is 6.92 Å². The molecule has 0 saturated carbocycles. The van der Waals surface area contributed by atoms with Gasteiger partial charge in [0, 0.05) is 13.1 Å². The van der Waals surface area contributed by atoms with E-state index in [1.165, 1.54) is 0 Å². The second kappa shape index (κ2) is 3.34. The average molecular weight is 156 g/mol. The molecule has 0 bridgehead atoms. The van der Waals surface area contributed by atoms with Gasteiger partial charge in [0.25, 0.3) is 0 Å². The largest absolute Gasteiger partial charge is 0.475 e. The highest BCUT2D eigenvalue weighted by Gasteiger charge is 2.00. The first-order valence-electron chi connectivity index (χ1n) is 3.43. The number of aromatic nitrogens is 3. The highest BCUT2D eigenvalue weighted by Crippen LogP contribution is 2.03. The van der Waals surface area contributed by atoms with Gasteiger partial charge >= 0.3 is 0 Å². The summed E-state index contributed by atoms with van der Waals surface area (Å²) in [6.45, 7) is 2.37. The summed E-state index contributed by atoms with van der Waals surface area (Å²) >= 11 is 0. The van der Waals surface area contributed by atoms with Crippen LogP contribution >= 0.6 is 0 Å². The Kier molecular flexibility index (Phi) is 2.43. The quantitative estimate of drug-likeness (QED) is 0.643. The molecule has 0 aliphatic rings. The lowest BCUT2D eigenvalue weighted by molar-refractivity contribution is 0.272. The van der Waals surface area contributed by atoms with Gasteiger partial charge in [-0.15, -0.1) is 5.10 Å². The van der Waals surface area contributed by atoms with E-state index in [0.717, 1.165) is 0 Å². The summed E-state index contributed by atoms with van der Waals surface area (Å²) in [5.74, 6) is 0.641. The number of aryl methyl sites for hydroxylation is 1. The van der Waals surface area contributed by atoms with Crippen LogP contribution in [0, 0.1) is 0 Å². The summed E-state index contributed by atoms with van der Waals surface area (Å²) in [7, 11) is 1.77. The standard InChI is InChI=1S/C6H12N4O/c1-5(7)4-11-6-3-8-9-10(6)2/h3,5H,4,7H2,1-2H3. The molecule has 5 nitrogen and oxygen atoms in total. The molecule has 0 aliphatic heterocycles. The number of nitrogens with two attached hydrogens (primary N) is 1. The fraction of sp³-hybridized carbons (Fsp3) is 0.667. The van der Waals surface area contributed by atoms with E-state index in [4.69, 9.17) is 10.5 Å². The molecule has 1 aromatic rings. The molecule has 0 fully saturated rings. The number of hydrogen-bond donors (Lipinski definition) is 1. The lowest BCUT2D eigenvalue weighted by atomic mass is 10.4. The van der Waals surface area contributed by atoms with Gasteiger partial charge in [-0.3, -0.25) is 0 Å². The molecule has 0 radical (unpaired) electrons. The highest BCUT2D eigenvalue weighted by molar-refractivity contribution is 5.00. The van der Waals surface area contributed by atoms with Gasteiger partial charge in [-0.05, 0) is 6.92 Å². The van der Waals surface area contributed by atoms with E-state index in [-0.39, 0.29) is 6.04 Å². The smallest absolute Gasteiger partial charge is 0.232 e. The van der Waals surface area contributed by atoms with Crippen LogP contribution in [-0.4, -0.2) is 27.6 Å². The lowest BCUT2D eigenvalue weighted by Gasteiger charge is -2.06. The van der Waals surface area contributed by atoms with Crippen LogP contribution in [0.25, 0.3) is 0 Å². The molecule has 0 amide bonds. The Bertz CT molecular complexity index is 220. The minimum atomic E-state index is 0.0323. The highest BCUT2D eigenvalue weighted by atomic mass is 16.5. The SMILES string of the molecule is CC(N)COc1cnnn1C. The van der Waals surface area contributed by atoms with Gasteiger partial charge in [0.2, 0.25) is 5.88 Å². The molecular weight excluding hydrogens is 144 g/mol. The van der Waals surface area contributed by atoms with Crippen LogP contribution in [0.15, 0.2) is 6.20 Å². The van der Waals surface area contributed by atoms with Crippen molar-refractivity contribution in [3.63, 3.8) is 0 Å². The van der Waals surface area contributed by atoms with Crippen molar-refractivity contribution in [3.05, 3.63) is 6.20 Å². The van der Waals surface area contributed by atoms with Crippen molar-refractivity contribution in [2.75, 3.05) is 6.61 Å². The molecule has 0 aliphatic carbocycles. The minimum absolute atomic E-state index is 0.0323. The Hall–Kier alpha value is -1.10. The summed E-state index contributed by atoms with van der Waals surface area (Å²) in [6.07, 6.45) is 1.56. The predicted molar refractivity (Wildman–Crippen MR) is 40.1 cm³/mol. The average Bonchev–Trinajstić information content (AvgIpc) is 2.31. The van der Waals surface area contributed by atoms with Crippen molar-refractivity contribution in [2.45, 2.75) is 13.0 Å². The first-order valence-corrected chi connectivity index (χ1v) is 3.43. The molecule has 62 valence electrons. The topological polar surface area (TPSA) is 66.0 Å². The number of nitrogens with zero attached hydrogens (tertiary/aromatic N) is 3. The van der Waals surface area contributed by atoms with Crippen molar-refractivity contribution < 1.29 is 4.74 Å². The zero-order valence-electron chi connectivity index (χ0n) is 6.69. The van der Waals surface area contributed by atoms with Crippen molar-refractivity contribution in [2.24, 2.45) is 12.8 Å². The number of ether oxygens (including phenoxy) is 1. The maximum absolute atomic E-state index is 5.48. The Morgan fingerprint density at radius 2 is 2.55 bits per heavy atom.